The summed E-state index contributed by atoms with van der Waals surface area (Å²) in [4.78, 5) is 25.9. The number of hydrogen-bond donors (Lipinski definition) is 1. The van der Waals surface area contributed by atoms with Gasteiger partial charge in [-0.2, -0.15) is 0 Å². The van der Waals surface area contributed by atoms with Crippen LogP contribution in [0.2, 0.25) is 0 Å². The molecule has 1 fully saturated rings. The van der Waals surface area contributed by atoms with E-state index in [2.05, 4.69) is 0 Å². The summed E-state index contributed by atoms with van der Waals surface area (Å²) in [6.07, 6.45) is 1.98. The van der Waals surface area contributed by atoms with Crippen LogP contribution >= 0.6 is 0 Å². The van der Waals surface area contributed by atoms with Gasteiger partial charge in [-0.05, 0) is 50.5 Å². The van der Waals surface area contributed by atoms with Crippen LogP contribution in [0.25, 0.3) is 0 Å². The number of aryl methyl sites for hydroxylation is 1. The molecule has 3 rings (SSSR count). The van der Waals surface area contributed by atoms with Crippen LogP contribution in [0.15, 0.2) is 30.3 Å². The van der Waals surface area contributed by atoms with Crippen molar-refractivity contribution in [2.75, 3.05) is 13.1 Å². The first kappa shape index (κ1) is 17.3. The highest BCUT2D eigenvalue weighted by Gasteiger charge is 2.27. The van der Waals surface area contributed by atoms with Gasteiger partial charge in [-0.15, -0.1) is 0 Å². The summed E-state index contributed by atoms with van der Waals surface area (Å²) < 4.78 is 2.04. The third-order valence-corrected chi connectivity index (χ3v) is 5.34. The molecule has 2 aromatic rings. The Morgan fingerprint density at radius 3 is 2.40 bits per heavy atom. The smallest absolute Gasteiger partial charge is 0.335 e. The summed E-state index contributed by atoms with van der Waals surface area (Å²) in [6, 6.07) is 9.00. The van der Waals surface area contributed by atoms with Gasteiger partial charge in [0, 0.05) is 37.4 Å². The van der Waals surface area contributed by atoms with Gasteiger partial charge in [-0.3, -0.25) is 4.79 Å². The lowest BCUT2D eigenvalue weighted by Gasteiger charge is -2.33. The summed E-state index contributed by atoms with van der Waals surface area (Å²) >= 11 is 0. The van der Waals surface area contributed by atoms with Gasteiger partial charge in [0.1, 0.15) is 0 Å². The lowest BCUT2D eigenvalue weighted by Crippen LogP contribution is -2.39. The minimum atomic E-state index is -0.915. The van der Waals surface area contributed by atoms with E-state index in [1.165, 1.54) is 0 Å². The van der Waals surface area contributed by atoms with Gasteiger partial charge < -0.3 is 14.6 Å². The molecule has 0 radical (unpaired) electrons. The maximum atomic E-state index is 12.9. The number of aromatic nitrogens is 1. The van der Waals surface area contributed by atoms with Crippen molar-refractivity contribution in [3.63, 3.8) is 0 Å². The molecule has 132 valence electrons. The molecule has 1 atom stereocenters. The average Bonchev–Trinajstić information content (AvgIpc) is 2.88. The summed E-state index contributed by atoms with van der Waals surface area (Å²) in [5.41, 5.74) is 4.25. The summed E-state index contributed by atoms with van der Waals surface area (Å²) in [5, 5.41) is 9.02. The molecule has 1 N–H and O–H groups in total. The van der Waals surface area contributed by atoms with Crippen molar-refractivity contribution in [3.8, 4) is 0 Å². The van der Waals surface area contributed by atoms with Gasteiger partial charge >= 0.3 is 5.97 Å². The van der Waals surface area contributed by atoms with Gasteiger partial charge in [0.2, 0.25) is 0 Å². The van der Waals surface area contributed by atoms with Crippen molar-refractivity contribution in [3.05, 3.63) is 58.4 Å². The van der Waals surface area contributed by atoms with E-state index < -0.39 is 5.97 Å². The highest BCUT2D eigenvalue weighted by molar-refractivity contribution is 5.95. The first-order valence-electron chi connectivity index (χ1n) is 8.64. The molecular formula is C20H24N2O3. The predicted molar refractivity (Wildman–Crippen MR) is 96.2 cm³/mol. The number of hydrogen-bond acceptors (Lipinski definition) is 2. The van der Waals surface area contributed by atoms with Gasteiger partial charge in [0.25, 0.3) is 5.91 Å². The number of rotatable bonds is 3. The van der Waals surface area contributed by atoms with Crippen LogP contribution in [0, 0.1) is 13.8 Å². The van der Waals surface area contributed by atoms with Crippen molar-refractivity contribution in [1.82, 2.24) is 9.47 Å². The molecular weight excluding hydrogens is 316 g/mol. The molecule has 0 aliphatic carbocycles. The van der Waals surface area contributed by atoms with Crippen LogP contribution in [-0.2, 0) is 7.05 Å². The quantitative estimate of drug-likeness (QED) is 0.932. The van der Waals surface area contributed by atoms with Crippen LogP contribution in [0.5, 0.6) is 0 Å². The second-order valence-electron chi connectivity index (χ2n) is 6.86. The van der Waals surface area contributed by atoms with E-state index in [4.69, 9.17) is 5.11 Å². The maximum Gasteiger partial charge on any atom is 0.335 e. The molecule has 1 aliphatic rings. The Hall–Kier alpha value is -2.56. The van der Waals surface area contributed by atoms with Gasteiger partial charge in [-0.1, -0.05) is 12.1 Å². The number of carbonyl (C=O) groups excluding carboxylic acids is 1. The first-order chi connectivity index (χ1) is 11.9. The zero-order chi connectivity index (χ0) is 18.1. The molecule has 1 aliphatic heterocycles. The Kier molecular flexibility index (Phi) is 4.66. The molecule has 1 aromatic carbocycles. The SMILES string of the molecule is Cc1cc(C(=O)N2CCCC(c3ccc(C(=O)O)cc3)C2)c(C)n1C. The van der Waals surface area contributed by atoms with E-state index in [9.17, 15) is 9.59 Å². The van der Waals surface area contributed by atoms with Gasteiger partial charge in [0.05, 0.1) is 11.1 Å². The number of piperidine rings is 1. The Morgan fingerprint density at radius 2 is 1.84 bits per heavy atom. The monoisotopic (exact) mass is 340 g/mol. The fourth-order valence-corrected chi connectivity index (χ4v) is 3.57. The lowest BCUT2D eigenvalue weighted by atomic mass is 9.90. The Morgan fingerprint density at radius 1 is 1.16 bits per heavy atom. The topological polar surface area (TPSA) is 62.5 Å². The Labute approximate surface area is 147 Å². The number of carbonyl (C=O) groups is 2. The van der Waals surface area contributed by atoms with Crippen LogP contribution in [0.4, 0.5) is 0 Å². The van der Waals surface area contributed by atoms with Gasteiger partial charge in [-0.25, -0.2) is 4.79 Å². The largest absolute Gasteiger partial charge is 0.478 e. The maximum absolute atomic E-state index is 12.9. The normalized spacial score (nSPS) is 17.6. The van der Waals surface area contributed by atoms with E-state index in [0.717, 1.165) is 41.9 Å². The van der Waals surface area contributed by atoms with Gasteiger partial charge in [0.15, 0.2) is 0 Å². The van der Waals surface area contributed by atoms with Crippen molar-refractivity contribution in [2.24, 2.45) is 7.05 Å². The van der Waals surface area contributed by atoms with E-state index in [-0.39, 0.29) is 11.8 Å². The third-order valence-electron chi connectivity index (χ3n) is 5.34. The molecule has 25 heavy (non-hydrogen) atoms. The Bertz CT molecular complexity index is 805. The second-order valence-corrected chi connectivity index (χ2v) is 6.86. The van der Waals surface area contributed by atoms with Crippen molar-refractivity contribution < 1.29 is 14.7 Å². The zero-order valence-electron chi connectivity index (χ0n) is 15.0. The van der Waals surface area contributed by atoms with Crippen LogP contribution < -0.4 is 0 Å². The Balaban J connectivity index is 1.77. The summed E-state index contributed by atoms with van der Waals surface area (Å²) in [5.74, 6) is -0.569. The van der Waals surface area contributed by atoms with Crippen LogP contribution in [0.3, 0.4) is 0 Å². The van der Waals surface area contributed by atoms with E-state index in [0.29, 0.717) is 12.1 Å². The van der Waals surface area contributed by atoms with E-state index in [1.54, 1.807) is 12.1 Å². The number of carboxylic acid groups (broad SMARTS) is 1. The number of carboxylic acids is 1. The summed E-state index contributed by atoms with van der Waals surface area (Å²) in [7, 11) is 1.98. The minimum absolute atomic E-state index is 0.0908. The number of amides is 1. The van der Waals surface area contributed by atoms with Crippen molar-refractivity contribution in [1.29, 1.82) is 0 Å². The molecule has 1 aromatic heterocycles. The molecule has 5 nitrogen and oxygen atoms in total. The number of benzene rings is 1. The predicted octanol–water partition coefficient (Wildman–Crippen LogP) is 3.36. The van der Waals surface area contributed by atoms with Crippen LogP contribution in [-0.4, -0.2) is 39.5 Å². The standard InChI is InChI=1S/C20H24N2O3/c1-13-11-18(14(2)21(13)3)19(23)22-10-4-5-17(12-22)15-6-8-16(9-7-15)20(24)25/h6-9,11,17H,4-5,10,12H2,1-3H3,(H,24,25). The fourth-order valence-electron chi connectivity index (χ4n) is 3.57. The number of likely N-dealkylation sites (tertiary alicyclic amines) is 1. The first-order valence-corrected chi connectivity index (χ1v) is 8.64. The highest BCUT2D eigenvalue weighted by Crippen LogP contribution is 2.28. The molecule has 0 spiro atoms. The lowest BCUT2D eigenvalue weighted by molar-refractivity contribution is 0.0693. The van der Waals surface area contributed by atoms with Crippen molar-refractivity contribution in [2.45, 2.75) is 32.6 Å². The molecule has 5 heteroatoms. The zero-order valence-corrected chi connectivity index (χ0v) is 15.0. The average molecular weight is 340 g/mol. The number of nitrogens with zero attached hydrogens (tertiary/aromatic N) is 2. The molecule has 1 unspecified atom stereocenters. The molecule has 2 heterocycles. The molecule has 0 saturated carbocycles. The molecule has 0 bridgehead atoms. The van der Waals surface area contributed by atoms with E-state index in [1.807, 2.05) is 48.6 Å². The molecule has 1 amide bonds. The number of aromatic carboxylic acids is 1. The summed E-state index contributed by atoms with van der Waals surface area (Å²) in [6.45, 7) is 5.44. The second kappa shape index (κ2) is 6.75. The molecule has 1 saturated heterocycles. The third kappa shape index (κ3) is 3.31. The highest BCUT2D eigenvalue weighted by atomic mass is 16.4. The fraction of sp³-hybridized carbons (Fsp3) is 0.400. The van der Waals surface area contributed by atoms with E-state index >= 15 is 0 Å². The minimum Gasteiger partial charge on any atom is -0.478 e. The van der Waals surface area contributed by atoms with Crippen molar-refractivity contribution >= 4 is 11.9 Å². The van der Waals surface area contributed by atoms with Crippen LogP contribution in [0.1, 0.15) is 56.4 Å².